The summed E-state index contributed by atoms with van der Waals surface area (Å²) in [7, 11) is 0. The minimum Gasteiger partial charge on any atom is -0.361 e. The number of nitrogens with one attached hydrogen (secondary N) is 1. The second kappa shape index (κ2) is 6.73. The first-order chi connectivity index (χ1) is 13.7. The van der Waals surface area contributed by atoms with Gasteiger partial charge >= 0.3 is 0 Å². The van der Waals surface area contributed by atoms with Gasteiger partial charge in [0.05, 0.1) is 5.69 Å². The van der Waals surface area contributed by atoms with Crippen molar-refractivity contribution in [2.24, 2.45) is 4.99 Å². The molecule has 0 fully saturated rings. The van der Waals surface area contributed by atoms with Crippen molar-refractivity contribution in [3.8, 4) is 0 Å². The molecule has 0 aliphatic carbocycles. The summed E-state index contributed by atoms with van der Waals surface area (Å²) < 4.78 is 0. The summed E-state index contributed by atoms with van der Waals surface area (Å²) in [5.74, 6) is 0. The molecule has 1 unspecified atom stereocenters. The normalized spacial score (nSPS) is 15.3. The average molecular weight is 385 g/mol. The fourth-order valence-corrected chi connectivity index (χ4v) is 5.23. The maximum Gasteiger partial charge on any atom is 0.0697 e. The second-order valence-electron chi connectivity index (χ2n) is 9.03. The van der Waals surface area contributed by atoms with Gasteiger partial charge in [0.15, 0.2) is 0 Å². The van der Waals surface area contributed by atoms with Crippen LogP contribution in [0.15, 0.2) is 36.0 Å². The first-order valence-electron chi connectivity index (χ1n) is 10.6. The molecule has 3 aromatic rings. The molecule has 150 valence electrons. The number of allylic oxidation sites excluding steroid dienone is 1. The first kappa shape index (κ1) is 19.7. The van der Waals surface area contributed by atoms with Gasteiger partial charge < -0.3 is 4.98 Å². The SMILES string of the molecule is C=CCC(C)(C1=Nc2c(cc(C)c(C)c2C)C1)c1c(C)c(C)c(C)c2[nH]ccc12. The fourth-order valence-electron chi connectivity index (χ4n) is 5.23. The van der Waals surface area contributed by atoms with Gasteiger partial charge in [0.1, 0.15) is 0 Å². The summed E-state index contributed by atoms with van der Waals surface area (Å²) >= 11 is 0. The Morgan fingerprint density at radius 3 is 2.45 bits per heavy atom. The Labute approximate surface area is 174 Å². The van der Waals surface area contributed by atoms with Crippen molar-refractivity contribution in [2.75, 3.05) is 0 Å². The highest BCUT2D eigenvalue weighted by Gasteiger charge is 2.38. The number of aromatic nitrogens is 1. The molecule has 1 aliphatic heterocycles. The highest BCUT2D eigenvalue weighted by molar-refractivity contribution is 6.05. The lowest BCUT2D eigenvalue weighted by atomic mass is 9.70. The molecule has 0 bridgehead atoms. The van der Waals surface area contributed by atoms with Gasteiger partial charge in [-0.3, -0.25) is 4.99 Å². The van der Waals surface area contributed by atoms with Crippen LogP contribution in [0.3, 0.4) is 0 Å². The van der Waals surface area contributed by atoms with Gasteiger partial charge in [0.25, 0.3) is 0 Å². The zero-order valence-electron chi connectivity index (χ0n) is 18.9. The van der Waals surface area contributed by atoms with Crippen LogP contribution in [0, 0.1) is 41.5 Å². The smallest absolute Gasteiger partial charge is 0.0697 e. The summed E-state index contributed by atoms with van der Waals surface area (Å²) in [4.78, 5) is 8.74. The van der Waals surface area contributed by atoms with Crippen LogP contribution in [0.25, 0.3) is 10.9 Å². The second-order valence-corrected chi connectivity index (χ2v) is 9.03. The van der Waals surface area contributed by atoms with Gasteiger partial charge in [-0.15, -0.1) is 6.58 Å². The molecule has 0 spiro atoms. The van der Waals surface area contributed by atoms with Crippen LogP contribution in [-0.4, -0.2) is 10.7 Å². The summed E-state index contributed by atoms with van der Waals surface area (Å²) in [5.41, 5.74) is 14.4. The Hall–Kier alpha value is -2.61. The van der Waals surface area contributed by atoms with Crippen LogP contribution in [0.2, 0.25) is 0 Å². The highest BCUT2D eigenvalue weighted by Crippen LogP contribution is 2.45. The molecular weight excluding hydrogens is 352 g/mol. The Kier molecular flexibility index (Phi) is 4.57. The van der Waals surface area contributed by atoms with Gasteiger partial charge in [-0.05, 0) is 105 Å². The molecule has 1 atom stereocenters. The molecular formula is C27H32N2. The Balaban J connectivity index is 1.98. The predicted molar refractivity (Wildman–Crippen MR) is 126 cm³/mol. The van der Waals surface area contributed by atoms with Gasteiger partial charge in [-0.1, -0.05) is 12.1 Å². The number of aliphatic imine (C=N–C) groups is 1. The number of hydrogen-bond donors (Lipinski definition) is 1. The number of rotatable bonds is 4. The number of aryl methyl sites for hydroxylation is 2. The molecule has 29 heavy (non-hydrogen) atoms. The molecule has 1 N–H and O–H groups in total. The van der Waals surface area contributed by atoms with E-state index in [1.807, 2.05) is 0 Å². The maximum absolute atomic E-state index is 5.26. The van der Waals surface area contributed by atoms with Crippen molar-refractivity contribution in [3.63, 3.8) is 0 Å². The van der Waals surface area contributed by atoms with Crippen LogP contribution in [0.4, 0.5) is 5.69 Å². The fraction of sp³-hybridized carbons (Fsp3) is 0.370. The van der Waals surface area contributed by atoms with Crippen molar-refractivity contribution in [2.45, 2.75) is 66.7 Å². The van der Waals surface area contributed by atoms with Crippen molar-refractivity contribution >= 4 is 22.3 Å². The largest absolute Gasteiger partial charge is 0.361 e. The highest BCUT2D eigenvalue weighted by atomic mass is 14.8. The number of benzene rings is 2. The summed E-state index contributed by atoms with van der Waals surface area (Å²) in [6, 6.07) is 4.56. The molecule has 0 saturated heterocycles. The van der Waals surface area contributed by atoms with Crippen LogP contribution in [-0.2, 0) is 11.8 Å². The number of hydrogen-bond acceptors (Lipinski definition) is 1. The van der Waals surface area contributed by atoms with E-state index in [-0.39, 0.29) is 5.41 Å². The van der Waals surface area contributed by atoms with E-state index in [4.69, 9.17) is 4.99 Å². The molecule has 0 saturated carbocycles. The zero-order valence-corrected chi connectivity index (χ0v) is 18.9. The Bertz CT molecular complexity index is 1190. The zero-order chi connectivity index (χ0) is 21.1. The summed E-state index contributed by atoms with van der Waals surface area (Å²) in [6.07, 6.45) is 5.92. The van der Waals surface area contributed by atoms with E-state index in [2.05, 4.69) is 84.4 Å². The molecule has 1 aliphatic rings. The molecule has 2 nitrogen and oxygen atoms in total. The van der Waals surface area contributed by atoms with Crippen molar-refractivity contribution in [1.82, 2.24) is 4.98 Å². The van der Waals surface area contributed by atoms with Crippen molar-refractivity contribution in [1.29, 1.82) is 0 Å². The Morgan fingerprint density at radius 1 is 1.03 bits per heavy atom. The molecule has 0 amide bonds. The van der Waals surface area contributed by atoms with Crippen molar-refractivity contribution < 1.29 is 0 Å². The van der Waals surface area contributed by atoms with Gasteiger partial charge in [0, 0.05) is 34.6 Å². The number of H-pyrrole nitrogens is 1. The molecule has 2 heteroatoms. The lowest BCUT2D eigenvalue weighted by Crippen LogP contribution is -2.34. The summed E-state index contributed by atoms with van der Waals surface area (Å²) in [5, 5.41) is 1.32. The van der Waals surface area contributed by atoms with E-state index in [0.29, 0.717) is 0 Å². The molecule has 0 radical (unpaired) electrons. The average Bonchev–Trinajstić information content (AvgIpc) is 3.32. The predicted octanol–water partition coefficient (Wildman–Crippen LogP) is 7.18. The molecule has 2 aromatic carbocycles. The van der Waals surface area contributed by atoms with E-state index in [0.717, 1.165) is 12.8 Å². The van der Waals surface area contributed by atoms with E-state index in [1.54, 1.807) is 0 Å². The van der Waals surface area contributed by atoms with E-state index < -0.39 is 0 Å². The van der Waals surface area contributed by atoms with Gasteiger partial charge in [-0.2, -0.15) is 0 Å². The Morgan fingerprint density at radius 2 is 1.76 bits per heavy atom. The quantitative estimate of drug-likeness (QED) is 0.461. The van der Waals surface area contributed by atoms with E-state index >= 15 is 0 Å². The first-order valence-corrected chi connectivity index (χ1v) is 10.6. The lowest BCUT2D eigenvalue weighted by Gasteiger charge is -2.33. The molecule has 4 rings (SSSR count). The van der Waals surface area contributed by atoms with E-state index in [1.165, 1.54) is 66.8 Å². The lowest BCUT2D eigenvalue weighted by molar-refractivity contribution is 0.643. The molecule has 1 aromatic heterocycles. The standard InChI is InChI=1S/C27H32N2/c1-9-11-27(8,23-14-21-13-15(2)16(3)19(6)25(21)29-23)24-18(5)17(4)20(7)26-22(24)10-12-28-26/h9-10,12-13,28H,1,11,14H2,2-8H3. The summed E-state index contributed by atoms with van der Waals surface area (Å²) in [6.45, 7) is 19.8. The third-order valence-electron chi connectivity index (χ3n) is 7.44. The topological polar surface area (TPSA) is 28.1 Å². The van der Waals surface area contributed by atoms with Crippen LogP contribution < -0.4 is 0 Å². The van der Waals surface area contributed by atoms with E-state index in [9.17, 15) is 0 Å². The molecule has 2 heterocycles. The monoisotopic (exact) mass is 384 g/mol. The number of fused-ring (bicyclic) bond motifs is 2. The van der Waals surface area contributed by atoms with Crippen LogP contribution in [0.1, 0.15) is 57.9 Å². The number of nitrogens with zero attached hydrogens (tertiary/aromatic N) is 1. The minimum atomic E-state index is -0.183. The van der Waals surface area contributed by atoms with Crippen molar-refractivity contribution in [3.05, 3.63) is 75.5 Å². The van der Waals surface area contributed by atoms with Gasteiger partial charge in [0.2, 0.25) is 0 Å². The third kappa shape index (κ3) is 2.73. The minimum absolute atomic E-state index is 0.183. The van der Waals surface area contributed by atoms with Crippen LogP contribution in [0.5, 0.6) is 0 Å². The maximum atomic E-state index is 5.26. The van der Waals surface area contributed by atoms with Crippen LogP contribution >= 0.6 is 0 Å². The number of aromatic amines is 1. The van der Waals surface area contributed by atoms with Gasteiger partial charge in [-0.25, -0.2) is 0 Å². The third-order valence-corrected chi connectivity index (χ3v) is 7.44.